The van der Waals surface area contributed by atoms with Crippen LogP contribution in [0.25, 0.3) is 88.4 Å². The second kappa shape index (κ2) is 10.3. The van der Waals surface area contributed by atoms with E-state index in [4.69, 9.17) is 25.9 Å². The molecule has 214 valence electrons. The van der Waals surface area contributed by atoms with Gasteiger partial charge in [0.15, 0.2) is 17.3 Å². The molecule has 6 aromatic carbocycles. The molecule has 0 aliphatic heterocycles. The van der Waals surface area contributed by atoms with Gasteiger partial charge in [0.1, 0.15) is 11.2 Å². The number of hydrogen-bond acceptors (Lipinski definition) is 4. The van der Waals surface area contributed by atoms with Crippen molar-refractivity contribution in [3.05, 3.63) is 151 Å². The first-order valence-corrected chi connectivity index (χ1v) is 15.0. The molecule has 0 amide bonds. The Balaban J connectivity index is 1.26. The van der Waals surface area contributed by atoms with Gasteiger partial charge in [0.2, 0.25) is 5.95 Å². The number of aromatic nitrogens is 4. The summed E-state index contributed by atoms with van der Waals surface area (Å²) in [5.41, 5.74) is 8.16. The lowest BCUT2D eigenvalue weighted by atomic mass is 10.0. The maximum absolute atomic E-state index is 7.27. The van der Waals surface area contributed by atoms with E-state index in [0.717, 1.165) is 66.0 Å². The number of rotatable bonds is 4. The number of nitrogens with zero attached hydrogens (tertiary/aromatic N) is 5. The molecule has 0 bridgehead atoms. The molecule has 9 rings (SSSR count). The fraction of sp³-hybridized carbons (Fsp3) is 0. The van der Waals surface area contributed by atoms with Crippen LogP contribution in [0.3, 0.4) is 0 Å². The van der Waals surface area contributed by atoms with E-state index >= 15 is 0 Å². The van der Waals surface area contributed by atoms with Crippen molar-refractivity contribution < 1.29 is 4.42 Å². The molecule has 0 aliphatic rings. The van der Waals surface area contributed by atoms with Crippen LogP contribution in [-0.2, 0) is 0 Å². The monoisotopic (exact) mass is 589 g/mol. The van der Waals surface area contributed by atoms with Crippen molar-refractivity contribution in [2.24, 2.45) is 0 Å². The van der Waals surface area contributed by atoms with Crippen molar-refractivity contribution in [3.8, 4) is 39.9 Å². The Labute approximate surface area is 263 Å². The van der Waals surface area contributed by atoms with Crippen molar-refractivity contribution in [1.82, 2.24) is 19.5 Å². The molecule has 3 heterocycles. The quantitative estimate of drug-likeness (QED) is 0.192. The molecule has 3 aromatic heterocycles. The maximum atomic E-state index is 7.27. The van der Waals surface area contributed by atoms with Gasteiger partial charge in [0, 0.05) is 32.7 Å². The normalized spacial score (nSPS) is 11.5. The van der Waals surface area contributed by atoms with Crippen LogP contribution in [0.15, 0.2) is 144 Å². The number of hydrogen-bond donors (Lipinski definition) is 0. The first kappa shape index (κ1) is 25.9. The van der Waals surface area contributed by atoms with Crippen molar-refractivity contribution in [1.29, 1.82) is 0 Å². The molecular formula is C40H23N5O. The highest BCUT2D eigenvalue weighted by molar-refractivity contribution is 6.09. The van der Waals surface area contributed by atoms with E-state index in [1.54, 1.807) is 0 Å². The lowest BCUT2D eigenvalue weighted by molar-refractivity contribution is 0.669. The van der Waals surface area contributed by atoms with Crippen LogP contribution < -0.4 is 0 Å². The third kappa shape index (κ3) is 4.15. The molecule has 0 N–H and O–H groups in total. The van der Waals surface area contributed by atoms with Gasteiger partial charge in [-0.2, -0.15) is 9.97 Å². The van der Waals surface area contributed by atoms with E-state index < -0.39 is 0 Å². The predicted octanol–water partition coefficient (Wildman–Crippen LogP) is 10.4. The summed E-state index contributed by atoms with van der Waals surface area (Å²) in [6.45, 7) is 7.27. The number of fused-ring (bicyclic) bond motifs is 6. The van der Waals surface area contributed by atoms with Crippen molar-refractivity contribution >= 4 is 49.4 Å². The van der Waals surface area contributed by atoms with Crippen molar-refractivity contribution in [2.75, 3.05) is 0 Å². The van der Waals surface area contributed by atoms with E-state index in [1.807, 2.05) is 84.9 Å². The third-order valence-corrected chi connectivity index (χ3v) is 8.49. The van der Waals surface area contributed by atoms with Crippen LogP contribution in [0.5, 0.6) is 0 Å². The van der Waals surface area contributed by atoms with Gasteiger partial charge in [-0.1, -0.05) is 97.1 Å². The zero-order valence-electron chi connectivity index (χ0n) is 24.4. The number of para-hydroxylation sites is 2. The van der Waals surface area contributed by atoms with Crippen LogP contribution in [-0.4, -0.2) is 19.5 Å². The molecule has 46 heavy (non-hydrogen) atoms. The summed E-state index contributed by atoms with van der Waals surface area (Å²) in [7, 11) is 0. The minimum atomic E-state index is 0.559. The van der Waals surface area contributed by atoms with Gasteiger partial charge in [-0.05, 0) is 53.6 Å². The molecular weight excluding hydrogens is 566 g/mol. The van der Waals surface area contributed by atoms with Gasteiger partial charge < -0.3 is 4.42 Å². The summed E-state index contributed by atoms with van der Waals surface area (Å²) in [4.78, 5) is 18.7. The van der Waals surface area contributed by atoms with Crippen molar-refractivity contribution in [3.63, 3.8) is 0 Å². The molecule has 6 nitrogen and oxygen atoms in total. The first-order valence-electron chi connectivity index (χ1n) is 15.0. The third-order valence-electron chi connectivity index (χ3n) is 8.49. The van der Waals surface area contributed by atoms with Crippen LogP contribution in [0.2, 0.25) is 0 Å². The van der Waals surface area contributed by atoms with Gasteiger partial charge in [-0.15, -0.1) is 0 Å². The summed E-state index contributed by atoms with van der Waals surface area (Å²) >= 11 is 0. The second-order valence-corrected chi connectivity index (χ2v) is 11.2. The van der Waals surface area contributed by atoms with Crippen LogP contribution >= 0.6 is 0 Å². The number of benzene rings is 6. The molecule has 0 aliphatic carbocycles. The Morgan fingerprint density at radius 1 is 0.478 bits per heavy atom. The minimum Gasteiger partial charge on any atom is -0.456 e. The van der Waals surface area contributed by atoms with Crippen LogP contribution in [0.4, 0.5) is 5.69 Å². The van der Waals surface area contributed by atoms with Crippen LogP contribution in [0.1, 0.15) is 0 Å². The maximum Gasteiger partial charge on any atom is 0.238 e. The zero-order chi connectivity index (χ0) is 30.6. The summed E-state index contributed by atoms with van der Waals surface area (Å²) in [5.74, 6) is 1.74. The van der Waals surface area contributed by atoms with Gasteiger partial charge in [-0.3, -0.25) is 4.57 Å². The number of furan rings is 1. The summed E-state index contributed by atoms with van der Waals surface area (Å²) in [6.07, 6.45) is 0. The molecule has 0 radical (unpaired) electrons. The van der Waals surface area contributed by atoms with E-state index in [9.17, 15) is 0 Å². The Bertz CT molecular complexity index is 2590. The Morgan fingerprint density at radius 2 is 1.02 bits per heavy atom. The van der Waals surface area contributed by atoms with Gasteiger partial charge in [0.05, 0.1) is 17.6 Å². The van der Waals surface area contributed by atoms with Crippen molar-refractivity contribution in [2.45, 2.75) is 0 Å². The summed E-state index contributed by atoms with van der Waals surface area (Å²) in [5, 5.41) is 4.27. The fourth-order valence-corrected chi connectivity index (χ4v) is 6.27. The molecule has 6 heteroatoms. The summed E-state index contributed by atoms with van der Waals surface area (Å²) < 4.78 is 8.37. The van der Waals surface area contributed by atoms with Crippen LogP contribution in [0, 0.1) is 6.57 Å². The fourth-order valence-electron chi connectivity index (χ4n) is 6.27. The lowest BCUT2D eigenvalue weighted by Gasteiger charge is -2.11. The molecule has 0 saturated heterocycles. The average molecular weight is 590 g/mol. The Kier molecular flexibility index (Phi) is 5.77. The van der Waals surface area contributed by atoms with Gasteiger partial charge >= 0.3 is 0 Å². The van der Waals surface area contributed by atoms with E-state index in [0.29, 0.717) is 23.3 Å². The predicted molar refractivity (Wildman–Crippen MR) is 184 cm³/mol. The van der Waals surface area contributed by atoms with E-state index in [2.05, 4.69) is 64.0 Å². The smallest absolute Gasteiger partial charge is 0.238 e. The summed E-state index contributed by atoms with van der Waals surface area (Å²) in [6, 6.07) is 46.7. The highest BCUT2D eigenvalue weighted by Crippen LogP contribution is 2.36. The van der Waals surface area contributed by atoms with E-state index in [1.165, 1.54) is 0 Å². The standard InChI is InChI=1S/C40H23N5O/c1-41-29-19-15-25(16-20-29)27-17-21-36-32(23-27)33-24-28(18-22-37(33)46-36)39-42-38(26-9-3-2-4-10-26)43-40(44-39)45-34-13-7-5-11-30(34)31-12-6-8-14-35(31)45/h2-24H. The Hall–Kier alpha value is -6.58. The van der Waals surface area contributed by atoms with Gasteiger partial charge in [0.25, 0.3) is 0 Å². The lowest BCUT2D eigenvalue weighted by Crippen LogP contribution is -2.06. The van der Waals surface area contributed by atoms with Gasteiger partial charge in [-0.25, -0.2) is 9.83 Å². The second-order valence-electron chi connectivity index (χ2n) is 11.2. The molecule has 0 atom stereocenters. The molecule has 0 saturated carbocycles. The average Bonchev–Trinajstić information content (AvgIpc) is 3.67. The Morgan fingerprint density at radius 3 is 1.67 bits per heavy atom. The highest BCUT2D eigenvalue weighted by atomic mass is 16.3. The highest BCUT2D eigenvalue weighted by Gasteiger charge is 2.18. The largest absolute Gasteiger partial charge is 0.456 e. The molecule has 9 aromatic rings. The molecule has 0 fully saturated rings. The first-order chi connectivity index (χ1) is 22.7. The topological polar surface area (TPSA) is 61.1 Å². The molecule has 0 unspecified atom stereocenters. The minimum absolute atomic E-state index is 0.559. The SMILES string of the molecule is [C-]#[N+]c1ccc(-c2ccc3oc4ccc(-c5nc(-c6ccccc6)nc(-n6c7ccccc7c7ccccc76)n5)cc4c3c2)cc1. The zero-order valence-corrected chi connectivity index (χ0v) is 24.4. The van der Waals surface area contributed by atoms with E-state index in [-0.39, 0.29) is 0 Å². The molecule has 0 spiro atoms.